The van der Waals surface area contributed by atoms with Crippen molar-refractivity contribution in [1.82, 2.24) is 14.5 Å². The van der Waals surface area contributed by atoms with Gasteiger partial charge in [-0.1, -0.05) is 0 Å². The Hall–Kier alpha value is -1.27. The topological polar surface area (TPSA) is 73.4 Å². The maximum atomic E-state index is 12.1. The van der Waals surface area contributed by atoms with Crippen molar-refractivity contribution in [2.24, 2.45) is 5.73 Å². The molecule has 0 saturated carbocycles. The van der Waals surface area contributed by atoms with E-state index in [1.807, 2.05) is 31.9 Å². The number of carbonyl (C=O) groups excluding carboxylic acids is 1. The van der Waals surface area contributed by atoms with Crippen LogP contribution in [0.4, 0.5) is 4.79 Å². The molecule has 136 valence electrons. The van der Waals surface area contributed by atoms with Gasteiger partial charge in [0.2, 0.25) is 0 Å². The first-order chi connectivity index (χ1) is 10.8. The number of hydrogen-bond donors (Lipinski definition) is 1. The summed E-state index contributed by atoms with van der Waals surface area (Å²) in [4.78, 5) is 18.6. The van der Waals surface area contributed by atoms with Crippen LogP contribution in [0.2, 0.25) is 0 Å². The van der Waals surface area contributed by atoms with Gasteiger partial charge in [0, 0.05) is 49.9 Å². The molecule has 24 heavy (non-hydrogen) atoms. The third-order valence-electron chi connectivity index (χ3n) is 4.68. The molecular weight excluding hydrogens is 328 g/mol. The first kappa shape index (κ1) is 19.1. The number of ether oxygens (including phenoxy) is 1. The lowest BCUT2D eigenvalue weighted by molar-refractivity contribution is 0.0202. The molecule has 3 rings (SSSR count). The standard InChI is InChI=1S/C17H28N4O2.ClH/c1-17(2,3)23-16(22)20-7-4-12(5-8-20)15-19-11-14-10-13(18)6-9-21(14)15;/h11-13H,4-10,18H2,1-3H3;1H. The van der Waals surface area contributed by atoms with Crippen LogP contribution in [0.25, 0.3) is 0 Å². The zero-order valence-corrected chi connectivity index (χ0v) is 15.6. The summed E-state index contributed by atoms with van der Waals surface area (Å²) in [5.74, 6) is 1.60. The Morgan fingerprint density at radius 1 is 1.25 bits per heavy atom. The van der Waals surface area contributed by atoms with Gasteiger partial charge in [-0.3, -0.25) is 0 Å². The highest BCUT2D eigenvalue weighted by atomic mass is 35.5. The summed E-state index contributed by atoms with van der Waals surface area (Å²) in [6, 6.07) is 0.265. The van der Waals surface area contributed by atoms with Crippen LogP contribution in [0.5, 0.6) is 0 Å². The number of nitrogens with two attached hydrogens (primary N) is 1. The second-order valence-electron chi connectivity index (χ2n) is 7.75. The normalized spacial score (nSPS) is 21.8. The number of nitrogens with zero attached hydrogens (tertiary/aromatic N) is 3. The lowest BCUT2D eigenvalue weighted by Gasteiger charge is -2.34. The fourth-order valence-electron chi connectivity index (χ4n) is 3.49. The Balaban J connectivity index is 0.00000208. The highest BCUT2D eigenvalue weighted by Gasteiger charge is 2.30. The van der Waals surface area contributed by atoms with Crippen LogP contribution in [-0.4, -0.2) is 45.3 Å². The molecular formula is C17H29ClN4O2. The zero-order valence-electron chi connectivity index (χ0n) is 14.8. The van der Waals surface area contributed by atoms with Gasteiger partial charge in [0.25, 0.3) is 0 Å². The van der Waals surface area contributed by atoms with E-state index in [2.05, 4.69) is 9.55 Å². The van der Waals surface area contributed by atoms with Gasteiger partial charge >= 0.3 is 6.09 Å². The molecule has 1 fully saturated rings. The van der Waals surface area contributed by atoms with E-state index in [1.54, 1.807) is 0 Å². The number of carbonyl (C=O) groups is 1. The minimum atomic E-state index is -0.436. The molecule has 7 heteroatoms. The molecule has 1 atom stereocenters. The van der Waals surface area contributed by atoms with Crippen LogP contribution in [0.15, 0.2) is 6.20 Å². The molecule has 0 spiro atoms. The third kappa shape index (κ3) is 4.22. The molecule has 1 unspecified atom stereocenters. The van der Waals surface area contributed by atoms with Gasteiger partial charge in [-0.25, -0.2) is 9.78 Å². The number of halogens is 1. The van der Waals surface area contributed by atoms with Crippen molar-refractivity contribution in [2.75, 3.05) is 13.1 Å². The van der Waals surface area contributed by atoms with E-state index < -0.39 is 5.60 Å². The van der Waals surface area contributed by atoms with E-state index in [1.165, 1.54) is 11.5 Å². The minimum absolute atomic E-state index is 0. The van der Waals surface area contributed by atoms with E-state index in [9.17, 15) is 4.79 Å². The number of likely N-dealkylation sites (tertiary alicyclic amines) is 1. The van der Waals surface area contributed by atoms with Crippen LogP contribution in [0.3, 0.4) is 0 Å². The van der Waals surface area contributed by atoms with Crippen molar-refractivity contribution < 1.29 is 9.53 Å². The summed E-state index contributed by atoms with van der Waals surface area (Å²) < 4.78 is 7.80. The Bertz CT molecular complexity index is 574. The lowest BCUT2D eigenvalue weighted by atomic mass is 9.95. The van der Waals surface area contributed by atoms with E-state index in [0.717, 1.165) is 45.3 Å². The van der Waals surface area contributed by atoms with Gasteiger partial charge < -0.3 is 19.9 Å². The molecule has 1 saturated heterocycles. The summed E-state index contributed by atoms with van der Waals surface area (Å²) in [7, 11) is 0. The Kier molecular flexibility index (Phi) is 5.81. The lowest BCUT2D eigenvalue weighted by Crippen LogP contribution is -2.41. The van der Waals surface area contributed by atoms with Gasteiger partial charge in [0.05, 0.1) is 0 Å². The molecule has 0 aliphatic carbocycles. The summed E-state index contributed by atoms with van der Waals surface area (Å²) in [5, 5.41) is 0. The number of fused-ring (bicyclic) bond motifs is 1. The van der Waals surface area contributed by atoms with Crippen LogP contribution in [0, 0.1) is 0 Å². The monoisotopic (exact) mass is 356 g/mol. The van der Waals surface area contributed by atoms with E-state index >= 15 is 0 Å². The SMILES string of the molecule is CC(C)(C)OC(=O)N1CCC(c2ncc3n2CCC(N)C3)CC1.Cl. The quantitative estimate of drug-likeness (QED) is 0.839. The van der Waals surface area contributed by atoms with Crippen molar-refractivity contribution in [1.29, 1.82) is 0 Å². The maximum absolute atomic E-state index is 12.1. The number of imidazole rings is 1. The fourth-order valence-corrected chi connectivity index (χ4v) is 3.49. The molecule has 2 aliphatic rings. The minimum Gasteiger partial charge on any atom is -0.444 e. The molecule has 6 nitrogen and oxygen atoms in total. The van der Waals surface area contributed by atoms with Gasteiger partial charge in [0.1, 0.15) is 11.4 Å². The molecule has 0 aromatic carbocycles. The maximum Gasteiger partial charge on any atom is 0.410 e. The van der Waals surface area contributed by atoms with E-state index in [4.69, 9.17) is 10.5 Å². The predicted molar refractivity (Wildman–Crippen MR) is 95.6 cm³/mol. The third-order valence-corrected chi connectivity index (χ3v) is 4.68. The number of amides is 1. The average molecular weight is 357 g/mol. The second-order valence-corrected chi connectivity index (χ2v) is 7.75. The van der Waals surface area contributed by atoms with Crippen LogP contribution in [-0.2, 0) is 17.7 Å². The van der Waals surface area contributed by atoms with Crippen LogP contribution >= 0.6 is 12.4 Å². The number of rotatable bonds is 1. The van der Waals surface area contributed by atoms with Gasteiger partial charge in [-0.15, -0.1) is 12.4 Å². The summed E-state index contributed by atoms with van der Waals surface area (Å²) in [6.45, 7) is 8.15. The first-order valence-corrected chi connectivity index (χ1v) is 8.61. The Morgan fingerprint density at radius 2 is 1.92 bits per heavy atom. The first-order valence-electron chi connectivity index (χ1n) is 8.61. The van der Waals surface area contributed by atoms with E-state index in [0.29, 0.717) is 5.92 Å². The van der Waals surface area contributed by atoms with Gasteiger partial charge in [-0.2, -0.15) is 0 Å². The molecule has 1 aromatic rings. The van der Waals surface area contributed by atoms with Crippen molar-refractivity contribution in [3.63, 3.8) is 0 Å². The van der Waals surface area contributed by atoms with E-state index in [-0.39, 0.29) is 24.5 Å². The second kappa shape index (κ2) is 7.31. The molecule has 1 amide bonds. The number of aromatic nitrogens is 2. The average Bonchev–Trinajstić information content (AvgIpc) is 2.88. The number of hydrogen-bond acceptors (Lipinski definition) is 4. The van der Waals surface area contributed by atoms with Gasteiger partial charge in [-0.05, 0) is 40.0 Å². The van der Waals surface area contributed by atoms with Crippen molar-refractivity contribution in [3.8, 4) is 0 Å². The fraction of sp³-hybridized carbons (Fsp3) is 0.765. The van der Waals surface area contributed by atoms with Crippen molar-refractivity contribution in [2.45, 2.75) is 70.6 Å². The molecule has 0 radical (unpaired) electrons. The summed E-state index contributed by atoms with van der Waals surface area (Å²) in [5.41, 5.74) is 6.86. The molecule has 1 aromatic heterocycles. The molecule has 2 aliphatic heterocycles. The molecule has 0 bridgehead atoms. The summed E-state index contributed by atoms with van der Waals surface area (Å²) >= 11 is 0. The molecule has 2 N–H and O–H groups in total. The van der Waals surface area contributed by atoms with Crippen LogP contribution in [0.1, 0.15) is 57.5 Å². The predicted octanol–water partition coefficient (Wildman–Crippen LogP) is 2.69. The van der Waals surface area contributed by atoms with Crippen LogP contribution < -0.4 is 5.73 Å². The smallest absolute Gasteiger partial charge is 0.410 e. The number of piperidine rings is 1. The Labute approximate surface area is 150 Å². The highest BCUT2D eigenvalue weighted by molar-refractivity contribution is 5.85. The Morgan fingerprint density at radius 3 is 2.54 bits per heavy atom. The zero-order chi connectivity index (χ0) is 16.6. The summed E-state index contributed by atoms with van der Waals surface area (Å²) in [6.07, 6.45) is 5.61. The van der Waals surface area contributed by atoms with Gasteiger partial charge in [0.15, 0.2) is 0 Å². The highest BCUT2D eigenvalue weighted by Crippen LogP contribution is 2.30. The van der Waals surface area contributed by atoms with Crippen molar-refractivity contribution in [3.05, 3.63) is 17.7 Å². The molecule has 3 heterocycles. The van der Waals surface area contributed by atoms with Crippen molar-refractivity contribution >= 4 is 18.5 Å². The largest absolute Gasteiger partial charge is 0.444 e.